The first-order chi connectivity index (χ1) is 7.38. The molecule has 3 rings (SSSR count). The maximum atomic E-state index is 10.2. The van der Waals surface area contributed by atoms with E-state index < -0.39 is 0 Å². The number of rotatable bonds is 0. The van der Waals surface area contributed by atoms with Crippen LogP contribution >= 0.6 is 0 Å². The Hall–Kier alpha value is -0.0800. The van der Waals surface area contributed by atoms with Crippen LogP contribution < -0.4 is 0 Å². The lowest BCUT2D eigenvalue weighted by molar-refractivity contribution is -0.0316. The molecule has 0 aromatic carbocycles. The zero-order chi connectivity index (χ0) is 10.3. The van der Waals surface area contributed by atoms with E-state index in [0.717, 1.165) is 18.5 Å². The van der Waals surface area contributed by atoms with E-state index in [0.29, 0.717) is 5.92 Å². The molecular formula is C13H23NO. The highest BCUT2D eigenvalue weighted by atomic mass is 16.3. The van der Waals surface area contributed by atoms with Crippen molar-refractivity contribution in [3.63, 3.8) is 0 Å². The van der Waals surface area contributed by atoms with Crippen LogP contribution in [0.25, 0.3) is 0 Å². The summed E-state index contributed by atoms with van der Waals surface area (Å²) in [6, 6.07) is 0.729. The number of aliphatic hydroxyl groups is 1. The first kappa shape index (κ1) is 10.1. The van der Waals surface area contributed by atoms with Crippen LogP contribution in [0, 0.1) is 11.8 Å². The third kappa shape index (κ3) is 1.62. The molecule has 2 bridgehead atoms. The molecule has 3 aliphatic rings. The second-order valence-electron chi connectivity index (χ2n) is 5.68. The molecule has 0 aromatic heterocycles. The van der Waals surface area contributed by atoms with Gasteiger partial charge in [0.2, 0.25) is 0 Å². The van der Waals surface area contributed by atoms with Crippen molar-refractivity contribution in [3.8, 4) is 0 Å². The molecule has 2 heterocycles. The van der Waals surface area contributed by atoms with Crippen LogP contribution in [0.4, 0.5) is 0 Å². The van der Waals surface area contributed by atoms with Gasteiger partial charge < -0.3 is 5.11 Å². The largest absolute Gasteiger partial charge is 0.378 e. The van der Waals surface area contributed by atoms with Crippen LogP contribution in [-0.2, 0) is 0 Å². The standard InChI is InChI=1S/C13H23NO/c15-13-11-7-5-9-14(13)12-8-4-2-1-3-6-10(11)12/h10-13,15H,1-9H2. The molecule has 0 radical (unpaired) electrons. The van der Waals surface area contributed by atoms with Gasteiger partial charge in [0.15, 0.2) is 0 Å². The molecule has 2 saturated heterocycles. The highest BCUT2D eigenvalue weighted by Gasteiger charge is 2.49. The van der Waals surface area contributed by atoms with Crippen LogP contribution in [0.2, 0.25) is 0 Å². The molecule has 2 nitrogen and oxygen atoms in total. The molecule has 5 atom stereocenters. The summed E-state index contributed by atoms with van der Waals surface area (Å²) in [6.45, 7) is 1.15. The van der Waals surface area contributed by atoms with Gasteiger partial charge in [0.05, 0.1) is 0 Å². The van der Waals surface area contributed by atoms with E-state index in [4.69, 9.17) is 0 Å². The molecule has 1 aliphatic carbocycles. The first-order valence-corrected chi connectivity index (χ1v) is 6.82. The Morgan fingerprint density at radius 2 is 1.53 bits per heavy atom. The lowest BCUT2D eigenvalue weighted by Gasteiger charge is -2.31. The van der Waals surface area contributed by atoms with Gasteiger partial charge >= 0.3 is 0 Å². The SMILES string of the molecule is OC1C2CCCN1C1CCCCCCC21. The van der Waals surface area contributed by atoms with E-state index in [-0.39, 0.29) is 6.23 Å². The maximum absolute atomic E-state index is 10.2. The van der Waals surface area contributed by atoms with Crippen LogP contribution in [0.5, 0.6) is 0 Å². The second-order valence-corrected chi connectivity index (χ2v) is 5.68. The van der Waals surface area contributed by atoms with Gasteiger partial charge in [-0.15, -0.1) is 0 Å². The normalized spacial score (nSPS) is 50.6. The molecule has 2 aliphatic heterocycles. The van der Waals surface area contributed by atoms with Gasteiger partial charge in [-0.1, -0.05) is 25.7 Å². The first-order valence-electron chi connectivity index (χ1n) is 6.82. The number of aliphatic hydroxyl groups excluding tert-OH is 1. The van der Waals surface area contributed by atoms with Gasteiger partial charge in [-0.05, 0) is 31.6 Å². The Morgan fingerprint density at radius 1 is 0.800 bits per heavy atom. The number of piperidine rings is 1. The molecular weight excluding hydrogens is 186 g/mol. The van der Waals surface area contributed by atoms with Gasteiger partial charge in [0, 0.05) is 18.5 Å². The van der Waals surface area contributed by atoms with Crippen LogP contribution in [-0.4, -0.2) is 28.8 Å². The number of fused-ring (bicyclic) bond motifs is 5. The van der Waals surface area contributed by atoms with Crippen molar-refractivity contribution in [1.82, 2.24) is 4.90 Å². The topological polar surface area (TPSA) is 23.5 Å². The summed E-state index contributed by atoms with van der Waals surface area (Å²) in [5, 5.41) is 10.2. The summed E-state index contributed by atoms with van der Waals surface area (Å²) < 4.78 is 0. The summed E-state index contributed by atoms with van der Waals surface area (Å²) in [4.78, 5) is 2.42. The van der Waals surface area contributed by atoms with E-state index in [1.807, 2.05) is 0 Å². The quantitative estimate of drug-likeness (QED) is 0.662. The van der Waals surface area contributed by atoms with Crippen molar-refractivity contribution in [2.24, 2.45) is 11.8 Å². The van der Waals surface area contributed by atoms with Gasteiger partial charge in [0.25, 0.3) is 0 Å². The van der Waals surface area contributed by atoms with Crippen LogP contribution in [0.1, 0.15) is 51.4 Å². The highest BCUT2D eigenvalue weighted by molar-refractivity contribution is 4.98. The number of hydrogen-bond donors (Lipinski definition) is 1. The van der Waals surface area contributed by atoms with E-state index >= 15 is 0 Å². The monoisotopic (exact) mass is 209 g/mol. The van der Waals surface area contributed by atoms with Crippen molar-refractivity contribution in [2.45, 2.75) is 63.6 Å². The maximum Gasteiger partial charge on any atom is 0.110 e. The third-order valence-electron chi connectivity index (χ3n) is 4.93. The Morgan fingerprint density at radius 3 is 2.40 bits per heavy atom. The third-order valence-corrected chi connectivity index (χ3v) is 4.93. The highest BCUT2D eigenvalue weighted by Crippen LogP contribution is 2.45. The average molecular weight is 209 g/mol. The molecule has 86 valence electrons. The predicted molar refractivity (Wildman–Crippen MR) is 60.4 cm³/mol. The van der Waals surface area contributed by atoms with Crippen molar-refractivity contribution < 1.29 is 5.11 Å². The summed E-state index contributed by atoms with van der Waals surface area (Å²) in [7, 11) is 0. The lowest BCUT2D eigenvalue weighted by Crippen LogP contribution is -2.41. The predicted octanol–water partition coefficient (Wildman–Crippen LogP) is 2.37. The molecule has 15 heavy (non-hydrogen) atoms. The van der Waals surface area contributed by atoms with Crippen molar-refractivity contribution in [2.75, 3.05) is 6.54 Å². The van der Waals surface area contributed by atoms with E-state index in [1.54, 1.807) is 0 Å². The van der Waals surface area contributed by atoms with E-state index in [2.05, 4.69) is 4.90 Å². The molecule has 1 N–H and O–H groups in total. The van der Waals surface area contributed by atoms with Gasteiger partial charge in [-0.3, -0.25) is 4.90 Å². The summed E-state index contributed by atoms with van der Waals surface area (Å²) >= 11 is 0. The van der Waals surface area contributed by atoms with E-state index in [9.17, 15) is 5.11 Å². The fraction of sp³-hybridized carbons (Fsp3) is 1.00. The van der Waals surface area contributed by atoms with Crippen molar-refractivity contribution in [3.05, 3.63) is 0 Å². The summed E-state index contributed by atoms with van der Waals surface area (Å²) in [6.07, 6.45) is 10.8. The lowest BCUT2D eigenvalue weighted by atomic mass is 9.80. The van der Waals surface area contributed by atoms with Crippen LogP contribution in [0.15, 0.2) is 0 Å². The number of hydrogen-bond acceptors (Lipinski definition) is 2. The molecule has 0 aromatic rings. The average Bonchev–Trinajstić information content (AvgIpc) is 2.36. The Labute approximate surface area is 92.7 Å². The van der Waals surface area contributed by atoms with Gasteiger partial charge in [-0.25, -0.2) is 0 Å². The molecule has 3 fully saturated rings. The van der Waals surface area contributed by atoms with Gasteiger partial charge in [0.1, 0.15) is 6.23 Å². The molecule has 1 saturated carbocycles. The second kappa shape index (κ2) is 4.06. The minimum absolute atomic E-state index is 0.0909. The Bertz CT molecular complexity index is 209. The van der Waals surface area contributed by atoms with E-state index in [1.165, 1.54) is 51.4 Å². The zero-order valence-electron chi connectivity index (χ0n) is 9.57. The molecule has 5 unspecified atom stereocenters. The molecule has 0 amide bonds. The summed E-state index contributed by atoms with van der Waals surface area (Å²) in [5.74, 6) is 1.43. The smallest absolute Gasteiger partial charge is 0.110 e. The number of nitrogens with zero attached hydrogens (tertiary/aromatic N) is 1. The summed E-state index contributed by atoms with van der Waals surface area (Å²) in [5.41, 5.74) is 0. The van der Waals surface area contributed by atoms with Crippen molar-refractivity contribution >= 4 is 0 Å². The molecule has 0 spiro atoms. The molecule has 2 heteroatoms. The Kier molecular flexibility index (Phi) is 2.73. The van der Waals surface area contributed by atoms with Gasteiger partial charge in [-0.2, -0.15) is 0 Å². The minimum Gasteiger partial charge on any atom is -0.378 e. The Balaban J connectivity index is 1.81. The zero-order valence-corrected chi connectivity index (χ0v) is 9.57. The minimum atomic E-state index is -0.0909. The fourth-order valence-electron chi connectivity index (χ4n) is 4.24. The fourth-order valence-corrected chi connectivity index (χ4v) is 4.24. The van der Waals surface area contributed by atoms with Crippen molar-refractivity contribution in [1.29, 1.82) is 0 Å². The van der Waals surface area contributed by atoms with Crippen LogP contribution in [0.3, 0.4) is 0 Å².